The number of benzene rings is 6. The molecule has 0 unspecified atom stereocenters. The number of aryl methyl sites for hydroxylation is 1. The van der Waals surface area contributed by atoms with Crippen molar-refractivity contribution in [3.63, 3.8) is 0 Å². The smallest absolute Gasteiger partial charge is 0.140 e. The fraction of sp³-hybridized carbons (Fsp3) is 0.0455. The highest BCUT2D eigenvalue weighted by molar-refractivity contribution is 5.95. The Hall–Kier alpha value is -6.06. The van der Waals surface area contributed by atoms with E-state index in [-0.39, 0.29) is 0 Å². The third-order valence-corrected chi connectivity index (χ3v) is 9.69. The van der Waals surface area contributed by atoms with E-state index in [0.29, 0.717) is 0 Å². The minimum absolute atomic E-state index is 0.495. The number of ether oxygens (including phenoxy) is 1. The van der Waals surface area contributed by atoms with Crippen molar-refractivity contribution in [3.8, 4) is 45.0 Å². The minimum Gasteiger partial charge on any atom is -0.456 e. The van der Waals surface area contributed by atoms with Crippen LogP contribution >= 0.6 is 0 Å². The molecule has 0 amide bonds. The summed E-state index contributed by atoms with van der Waals surface area (Å²) >= 11 is 0. The van der Waals surface area contributed by atoms with Gasteiger partial charge in [0.25, 0.3) is 0 Å². The molecule has 6 aromatic carbocycles. The Kier molecular flexibility index (Phi) is 6.09. The monoisotopic (exact) mass is 602 g/mol. The van der Waals surface area contributed by atoms with Gasteiger partial charge in [0.1, 0.15) is 11.5 Å². The zero-order valence-electron chi connectivity index (χ0n) is 25.9. The van der Waals surface area contributed by atoms with Crippen LogP contribution in [0.4, 0.5) is 5.69 Å². The van der Waals surface area contributed by atoms with Gasteiger partial charge in [-0.2, -0.15) is 0 Å². The molecule has 0 N–H and O–H groups in total. The van der Waals surface area contributed by atoms with Gasteiger partial charge >= 0.3 is 0 Å². The van der Waals surface area contributed by atoms with E-state index in [9.17, 15) is 0 Å². The van der Waals surface area contributed by atoms with Crippen molar-refractivity contribution in [3.05, 3.63) is 180 Å². The van der Waals surface area contributed by atoms with E-state index in [1.807, 2.05) is 0 Å². The molecule has 3 heteroatoms. The van der Waals surface area contributed by atoms with Gasteiger partial charge < -0.3 is 4.74 Å². The van der Waals surface area contributed by atoms with E-state index >= 15 is 0 Å². The van der Waals surface area contributed by atoms with Gasteiger partial charge in [-0.3, -0.25) is 4.99 Å². The molecule has 7 aromatic rings. The zero-order chi connectivity index (χ0) is 31.5. The molecular formula is C44H30N2O. The van der Waals surface area contributed by atoms with Gasteiger partial charge in [0.15, 0.2) is 0 Å². The Labute approximate surface area is 274 Å². The molecule has 1 aliphatic heterocycles. The first-order chi connectivity index (χ1) is 23.2. The molecule has 1 spiro atoms. The molecule has 1 aromatic heterocycles. The Morgan fingerprint density at radius 3 is 2.06 bits per heavy atom. The summed E-state index contributed by atoms with van der Waals surface area (Å²) in [5.41, 5.74) is 13.8. The number of pyridine rings is 1. The Bertz CT molecular complexity index is 2390. The van der Waals surface area contributed by atoms with Crippen molar-refractivity contribution in [1.82, 2.24) is 4.98 Å². The third-order valence-electron chi connectivity index (χ3n) is 9.69. The number of aliphatic imine (C=N–C) groups is 1. The van der Waals surface area contributed by atoms with Gasteiger partial charge in [-0.05, 0) is 58.5 Å². The second-order valence-corrected chi connectivity index (χ2v) is 12.2. The topological polar surface area (TPSA) is 34.5 Å². The lowest BCUT2D eigenvalue weighted by Gasteiger charge is -2.40. The molecule has 47 heavy (non-hydrogen) atoms. The first-order valence-electron chi connectivity index (χ1n) is 15.9. The molecule has 222 valence electrons. The lowest BCUT2D eigenvalue weighted by Crippen LogP contribution is -2.32. The highest BCUT2D eigenvalue weighted by Gasteiger charge is 2.51. The predicted octanol–water partition coefficient (Wildman–Crippen LogP) is 11.2. The number of rotatable bonds is 4. The standard InChI is InChI=1S/C44H30N2O/c1-3-26-45-41-28(2)22-23-29-24-25-39(46-42(29)41)31-13-10-12-30(27-31)32-16-11-20-38-43(32)47-40-21-9-8-19-37(40)44(38)35-17-6-4-14-33(35)34-15-5-7-18-36(34)44/h3-27H,1H2,2H3. The Morgan fingerprint density at radius 1 is 0.638 bits per heavy atom. The molecule has 0 saturated heterocycles. The maximum Gasteiger partial charge on any atom is 0.140 e. The van der Waals surface area contributed by atoms with Crippen LogP contribution in [0.5, 0.6) is 11.5 Å². The largest absolute Gasteiger partial charge is 0.456 e. The molecule has 3 nitrogen and oxygen atoms in total. The van der Waals surface area contributed by atoms with Crippen LogP contribution in [0.15, 0.2) is 157 Å². The molecule has 9 rings (SSSR count). The Balaban J connectivity index is 1.25. The zero-order valence-corrected chi connectivity index (χ0v) is 25.9. The van der Waals surface area contributed by atoms with Gasteiger partial charge in [0.05, 0.1) is 22.3 Å². The van der Waals surface area contributed by atoms with Crippen LogP contribution < -0.4 is 4.74 Å². The number of hydrogen-bond acceptors (Lipinski definition) is 3. The van der Waals surface area contributed by atoms with Crippen molar-refractivity contribution in [1.29, 1.82) is 0 Å². The van der Waals surface area contributed by atoms with Gasteiger partial charge in [-0.15, -0.1) is 0 Å². The average molecular weight is 603 g/mol. The van der Waals surface area contributed by atoms with Crippen LogP contribution in [0, 0.1) is 6.92 Å². The van der Waals surface area contributed by atoms with Crippen LogP contribution in [-0.2, 0) is 5.41 Å². The first-order valence-corrected chi connectivity index (χ1v) is 15.9. The van der Waals surface area contributed by atoms with Gasteiger partial charge in [0.2, 0.25) is 0 Å². The highest BCUT2D eigenvalue weighted by atomic mass is 16.5. The lowest BCUT2D eigenvalue weighted by atomic mass is 9.65. The molecule has 1 aliphatic carbocycles. The summed E-state index contributed by atoms with van der Waals surface area (Å²) < 4.78 is 6.91. The molecule has 2 aliphatic rings. The summed E-state index contributed by atoms with van der Waals surface area (Å²) in [6, 6.07) is 49.8. The summed E-state index contributed by atoms with van der Waals surface area (Å²) in [7, 11) is 0. The maximum absolute atomic E-state index is 6.91. The highest BCUT2D eigenvalue weighted by Crippen LogP contribution is 2.63. The van der Waals surface area contributed by atoms with E-state index in [0.717, 1.165) is 61.6 Å². The summed E-state index contributed by atoms with van der Waals surface area (Å²) in [5, 5.41) is 1.05. The van der Waals surface area contributed by atoms with E-state index in [4.69, 9.17) is 9.72 Å². The predicted molar refractivity (Wildman–Crippen MR) is 193 cm³/mol. The van der Waals surface area contributed by atoms with Gasteiger partial charge in [-0.1, -0.05) is 134 Å². The second-order valence-electron chi connectivity index (χ2n) is 12.2. The molecule has 0 bridgehead atoms. The SMILES string of the molecule is C=CC=Nc1c(C)ccc2ccc(-c3cccc(-c4cccc5c4Oc4ccccc4C54c5ccccc5-c5ccccc54)c3)nc12. The van der Waals surface area contributed by atoms with Gasteiger partial charge in [0, 0.05) is 33.9 Å². The first kappa shape index (κ1) is 27.3. The fourth-order valence-electron chi connectivity index (χ4n) is 7.68. The van der Waals surface area contributed by atoms with E-state index in [1.165, 1.54) is 27.8 Å². The normalized spacial score (nSPS) is 13.6. The van der Waals surface area contributed by atoms with E-state index in [1.54, 1.807) is 12.3 Å². The van der Waals surface area contributed by atoms with Crippen LogP contribution in [0.3, 0.4) is 0 Å². The fourth-order valence-corrected chi connectivity index (χ4v) is 7.68. The van der Waals surface area contributed by atoms with Crippen LogP contribution in [0.1, 0.15) is 27.8 Å². The van der Waals surface area contributed by atoms with Crippen molar-refractivity contribution >= 4 is 22.8 Å². The number of nitrogens with zero attached hydrogens (tertiary/aromatic N) is 2. The maximum atomic E-state index is 6.91. The van der Waals surface area contributed by atoms with Crippen molar-refractivity contribution in [2.45, 2.75) is 12.3 Å². The van der Waals surface area contributed by atoms with Gasteiger partial charge in [-0.25, -0.2) is 4.98 Å². The molecular weight excluding hydrogens is 572 g/mol. The molecule has 0 saturated carbocycles. The number of para-hydroxylation sites is 2. The van der Waals surface area contributed by atoms with Crippen molar-refractivity contribution in [2.24, 2.45) is 4.99 Å². The van der Waals surface area contributed by atoms with Crippen LogP contribution in [-0.4, -0.2) is 11.2 Å². The summed E-state index contributed by atoms with van der Waals surface area (Å²) in [5.74, 6) is 1.77. The Morgan fingerprint density at radius 2 is 1.28 bits per heavy atom. The number of allylic oxidation sites excluding steroid dienone is 1. The van der Waals surface area contributed by atoms with E-state index < -0.39 is 5.41 Å². The quantitative estimate of drug-likeness (QED) is 0.188. The molecule has 2 heterocycles. The van der Waals surface area contributed by atoms with Crippen LogP contribution in [0.25, 0.3) is 44.4 Å². The number of aromatic nitrogens is 1. The van der Waals surface area contributed by atoms with Crippen molar-refractivity contribution in [2.75, 3.05) is 0 Å². The molecule has 0 fully saturated rings. The second kappa shape index (κ2) is 10.5. The summed E-state index contributed by atoms with van der Waals surface area (Å²) in [6.45, 7) is 5.86. The minimum atomic E-state index is -0.495. The number of hydrogen-bond donors (Lipinski definition) is 0. The van der Waals surface area contributed by atoms with Crippen molar-refractivity contribution < 1.29 is 4.74 Å². The summed E-state index contributed by atoms with van der Waals surface area (Å²) in [4.78, 5) is 9.80. The molecule has 0 radical (unpaired) electrons. The third kappa shape index (κ3) is 3.93. The van der Waals surface area contributed by atoms with Crippen LogP contribution in [0.2, 0.25) is 0 Å². The lowest BCUT2D eigenvalue weighted by molar-refractivity contribution is 0.438. The summed E-state index contributed by atoms with van der Waals surface area (Å²) in [6.07, 6.45) is 3.42. The average Bonchev–Trinajstić information content (AvgIpc) is 3.42. The number of fused-ring (bicyclic) bond motifs is 10. The van der Waals surface area contributed by atoms with E-state index in [2.05, 4.69) is 158 Å². The molecule has 0 atom stereocenters.